The molecular formula is C14H22N2O3. The van der Waals surface area contributed by atoms with Gasteiger partial charge in [-0.15, -0.1) is 0 Å². The third kappa shape index (κ3) is 4.13. The number of likely N-dealkylation sites (N-methyl/N-ethyl adjacent to an activating group) is 1. The molecule has 1 rings (SSSR count). The molecule has 0 fully saturated rings. The van der Waals surface area contributed by atoms with Crippen LogP contribution in [0.5, 0.6) is 11.5 Å². The predicted molar refractivity (Wildman–Crippen MR) is 74.3 cm³/mol. The number of nitrogens with two attached hydrogens (primary N) is 1. The van der Waals surface area contributed by atoms with Gasteiger partial charge in [0.05, 0.1) is 7.11 Å². The Kier molecular flexibility index (Phi) is 6.15. The Bertz CT molecular complexity index is 417. The Labute approximate surface area is 114 Å². The van der Waals surface area contributed by atoms with Crippen LogP contribution >= 0.6 is 0 Å². The molecule has 19 heavy (non-hydrogen) atoms. The number of rotatable bonds is 7. The second-order valence-corrected chi connectivity index (χ2v) is 4.04. The maximum atomic E-state index is 11.9. The summed E-state index contributed by atoms with van der Waals surface area (Å²) in [5.74, 6) is 1.11. The highest BCUT2D eigenvalue weighted by molar-refractivity contribution is 5.77. The third-order valence-corrected chi connectivity index (χ3v) is 2.93. The van der Waals surface area contributed by atoms with Crippen LogP contribution < -0.4 is 15.2 Å². The summed E-state index contributed by atoms with van der Waals surface area (Å²) in [6.07, 6.45) is 0. The Hall–Kier alpha value is -1.75. The molecule has 0 aliphatic heterocycles. The number of hydrogen-bond acceptors (Lipinski definition) is 4. The molecule has 0 aromatic heterocycles. The van der Waals surface area contributed by atoms with E-state index < -0.39 is 0 Å². The van der Waals surface area contributed by atoms with Crippen molar-refractivity contribution in [2.45, 2.75) is 20.4 Å². The minimum Gasteiger partial charge on any atom is -0.493 e. The first-order valence-electron chi connectivity index (χ1n) is 6.43. The average molecular weight is 266 g/mol. The number of nitrogens with zero attached hydrogens (tertiary/aromatic N) is 1. The summed E-state index contributed by atoms with van der Waals surface area (Å²) in [6.45, 7) is 5.67. The molecule has 0 unspecified atom stereocenters. The number of hydrogen-bond donors (Lipinski definition) is 1. The largest absolute Gasteiger partial charge is 0.493 e. The molecule has 0 spiro atoms. The number of amides is 1. The number of carbonyl (C=O) groups excluding carboxylic acids is 1. The van der Waals surface area contributed by atoms with Gasteiger partial charge in [0.2, 0.25) is 0 Å². The fourth-order valence-electron chi connectivity index (χ4n) is 1.77. The molecule has 5 nitrogen and oxygen atoms in total. The van der Waals surface area contributed by atoms with Crippen molar-refractivity contribution >= 4 is 5.91 Å². The highest BCUT2D eigenvalue weighted by Crippen LogP contribution is 2.27. The van der Waals surface area contributed by atoms with Gasteiger partial charge in [-0.1, -0.05) is 6.07 Å². The summed E-state index contributed by atoms with van der Waals surface area (Å²) >= 11 is 0. The van der Waals surface area contributed by atoms with E-state index in [9.17, 15) is 4.79 Å². The normalized spacial score (nSPS) is 10.1. The Morgan fingerprint density at radius 2 is 1.95 bits per heavy atom. The van der Waals surface area contributed by atoms with E-state index in [2.05, 4.69) is 0 Å². The topological polar surface area (TPSA) is 64.8 Å². The SMILES string of the molecule is CCN(CC)C(=O)COc1cc(CN)ccc1OC. The van der Waals surface area contributed by atoms with E-state index in [1.54, 1.807) is 24.1 Å². The van der Waals surface area contributed by atoms with E-state index in [0.717, 1.165) is 5.56 Å². The van der Waals surface area contributed by atoms with Crippen LogP contribution in [-0.2, 0) is 11.3 Å². The lowest BCUT2D eigenvalue weighted by atomic mass is 10.2. The minimum atomic E-state index is -0.0368. The average Bonchev–Trinajstić information content (AvgIpc) is 2.45. The zero-order chi connectivity index (χ0) is 14.3. The summed E-state index contributed by atoms with van der Waals surface area (Å²) in [4.78, 5) is 13.6. The van der Waals surface area contributed by atoms with Gasteiger partial charge in [0.25, 0.3) is 5.91 Å². The van der Waals surface area contributed by atoms with Gasteiger partial charge in [0.15, 0.2) is 18.1 Å². The molecule has 1 aromatic carbocycles. The molecule has 0 heterocycles. The number of methoxy groups -OCH3 is 1. The quantitative estimate of drug-likeness (QED) is 0.810. The molecule has 0 atom stereocenters. The fourth-order valence-corrected chi connectivity index (χ4v) is 1.77. The van der Waals surface area contributed by atoms with Crippen LogP contribution in [0.4, 0.5) is 0 Å². The molecule has 0 aliphatic rings. The van der Waals surface area contributed by atoms with Crippen LogP contribution in [-0.4, -0.2) is 37.6 Å². The standard InChI is InChI=1S/C14H22N2O3/c1-4-16(5-2)14(17)10-19-13-8-11(9-15)6-7-12(13)18-3/h6-8H,4-5,9-10,15H2,1-3H3. The molecule has 1 amide bonds. The molecule has 5 heteroatoms. The van der Waals surface area contributed by atoms with Crippen LogP contribution in [0.1, 0.15) is 19.4 Å². The molecular weight excluding hydrogens is 244 g/mol. The smallest absolute Gasteiger partial charge is 0.260 e. The monoisotopic (exact) mass is 266 g/mol. The van der Waals surface area contributed by atoms with Gasteiger partial charge >= 0.3 is 0 Å². The van der Waals surface area contributed by atoms with Gasteiger partial charge in [-0.05, 0) is 31.5 Å². The van der Waals surface area contributed by atoms with Crippen molar-refractivity contribution in [3.8, 4) is 11.5 Å². The predicted octanol–water partition coefficient (Wildman–Crippen LogP) is 1.40. The number of carbonyl (C=O) groups is 1. The van der Waals surface area contributed by atoms with E-state index in [-0.39, 0.29) is 12.5 Å². The fraction of sp³-hybridized carbons (Fsp3) is 0.500. The molecule has 1 aromatic rings. The van der Waals surface area contributed by atoms with E-state index >= 15 is 0 Å². The van der Waals surface area contributed by atoms with Crippen molar-refractivity contribution in [2.24, 2.45) is 5.73 Å². The van der Waals surface area contributed by atoms with Gasteiger partial charge in [-0.2, -0.15) is 0 Å². The summed E-state index contributed by atoms with van der Waals surface area (Å²) < 4.78 is 10.7. The maximum Gasteiger partial charge on any atom is 0.260 e. The van der Waals surface area contributed by atoms with Crippen LogP contribution in [0.15, 0.2) is 18.2 Å². The lowest BCUT2D eigenvalue weighted by molar-refractivity contribution is -0.132. The van der Waals surface area contributed by atoms with Crippen molar-refractivity contribution in [3.05, 3.63) is 23.8 Å². The zero-order valence-electron chi connectivity index (χ0n) is 11.8. The van der Waals surface area contributed by atoms with Crippen LogP contribution in [0.2, 0.25) is 0 Å². The maximum absolute atomic E-state index is 11.9. The van der Waals surface area contributed by atoms with E-state index in [1.165, 1.54) is 0 Å². The van der Waals surface area contributed by atoms with Crippen molar-refractivity contribution in [3.63, 3.8) is 0 Å². The second-order valence-electron chi connectivity index (χ2n) is 4.04. The molecule has 0 saturated carbocycles. The van der Waals surface area contributed by atoms with Crippen LogP contribution in [0, 0.1) is 0 Å². The second kappa shape index (κ2) is 7.63. The highest BCUT2D eigenvalue weighted by atomic mass is 16.5. The van der Waals surface area contributed by atoms with E-state index in [0.29, 0.717) is 31.1 Å². The van der Waals surface area contributed by atoms with E-state index in [4.69, 9.17) is 15.2 Å². The zero-order valence-corrected chi connectivity index (χ0v) is 11.8. The lowest BCUT2D eigenvalue weighted by Crippen LogP contribution is -2.34. The third-order valence-electron chi connectivity index (χ3n) is 2.93. The molecule has 2 N–H and O–H groups in total. The summed E-state index contributed by atoms with van der Waals surface area (Å²) in [5, 5.41) is 0. The van der Waals surface area contributed by atoms with Crippen molar-refractivity contribution in [2.75, 3.05) is 26.8 Å². The molecule has 0 aliphatic carbocycles. The first-order valence-corrected chi connectivity index (χ1v) is 6.43. The summed E-state index contributed by atoms with van der Waals surface area (Å²) in [5.41, 5.74) is 6.52. The van der Waals surface area contributed by atoms with Gasteiger partial charge < -0.3 is 20.1 Å². The van der Waals surface area contributed by atoms with Crippen molar-refractivity contribution in [1.82, 2.24) is 4.90 Å². The lowest BCUT2D eigenvalue weighted by Gasteiger charge is -2.19. The first kappa shape index (κ1) is 15.3. The Morgan fingerprint density at radius 1 is 1.26 bits per heavy atom. The Balaban J connectivity index is 2.73. The Morgan fingerprint density at radius 3 is 2.47 bits per heavy atom. The number of benzene rings is 1. The highest BCUT2D eigenvalue weighted by Gasteiger charge is 2.12. The van der Waals surface area contributed by atoms with Gasteiger partial charge in [-0.25, -0.2) is 0 Å². The van der Waals surface area contributed by atoms with Crippen molar-refractivity contribution in [1.29, 1.82) is 0 Å². The summed E-state index contributed by atoms with van der Waals surface area (Å²) in [7, 11) is 1.57. The van der Waals surface area contributed by atoms with Gasteiger partial charge in [0, 0.05) is 19.6 Å². The number of ether oxygens (including phenoxy) is 2. The molecule has 0 bridgehead atoms. The van der Waals surface area contributed by atoms with E-state index in [1.807, 2.05) is 19.9 Å². The van der Waals surface area contributed by atoms with Gasteiger partial charge in [-0.3, -0.25) is 4.79 Å². The van der Waals surface area contributed by atoms with Crippen LogP contribution in [0.25, 0.3) is 0 Å². The molecule has 106 valence electrons. The minimum absolute atomic E-state index is 0.00602. The van der Waals surface area contributed by atoms with Crippen LogP contribution in [0.3, 0.4) is 0 Å². The van der Waals surface area contributed by atoms with Crippen molar-refractivity contribution < 1.29 is 14.3 Å². The molecule has 0 saturated heterocycles. The van der Waals surface area contributed by atoms with Gasteiger partial charge in [0.1, 0.15) is 0 Å². The first-order chi connectivity index (χ1) is 9.15. The molecule has 0 radical (unpaired) electrons. The summed E-state index contributed by atoms with van der Waals surface area (Å²) in [6, 6.07) is 5.46.